The van der Waals surface area contributed by atoms with Crippen LogP contribution < -0.4 is 0 Å². The highest BCUT2D eigenvalue weighted by Gasteiger charge is 1.90. The number of ether oxygens (including phenoxy) is 1. The molecule has 2 nitrogen and oxygen atoms in total. The van der Waals surface area contributed by atoms with Gasteiger partial charge in [-0.25, -0.2) is 0 Å². The highest BCUT2D eigenvalue weighted by atomic mass is 32.1. The lowest BCUT2D eigenvalue weighted by Gasteiger charge is -1.88. The minimum atomic E-state index is -0.377. The van der Waals surface area contributed by atoms with Gasteiger partial charge >= 0.3 is 5.97 Å². The number of rotatable bonds is 2. The van der Waals surface area contributed by atoms with E-state index in [1.54, 1.807) is 0 Å². The van der Waals surface area contributed by atoms with Crippen LogP contribution in [0.4, 0.5) is 0 Å². The van der Waals surface area contributed by atoms with E-state index < -0.39 is 0 Å². The number of esters is 1. The fourth-order valence-corrected chi connectivity index (χ4v) is 0.205. The number of thiol groups is 1. The maximum Gasteiger partial charge on any atom is 0.320 e. The van der Waals surface area contributed by atoms with Gasteiger partial charge in [-0.15, -0.1) is 0 Å². The maximum atomic E-state index is 10.0. The summed E-state index contributed by atoms with van der Waals surface area (Å²) in [6.07, 6.45) is 1.08. The summed E-state index contributed by atoms with van der Waals surface area (Å²) >= 11 is 3.63. The molecule has 0 unspecified atom stereocenters. The molecule has 0 aliphatic rings. The Morgan fingerprint density at radius 1 is 2.00 bits per heavy atom. The molecule has 0 atom stereocenters. The summed E-state index contributed by atoms with van der Waals surface area (Å²) < 4.78 is 4.24. The van der Waals surface area contributed by atoms with Gasteiger partial charge in [0.15, 0.2) is 0 Å². The molecule has 0 aromatic heterocycles. The first kappa shape index (κ1) is 6.56. The maximum absolute atomic E-state index is 10.0. The molecule has 0 aromatic carbocycles. The number of hydrogen-bond donors (Lipinski definition) is 1. The van der Waals surface area contributed by atoms with Crippen molar-refractivity contribution in [2.24, 2.45) is 0 Å². The first-order valence-electron chi connectivity index (χ1n) is 1.72. The molecule has 0 saturated carbocycles. The summed E-state index contributed by atoms with van der Waals surface area (Å²) in [5.74, 6) is -0.273. The molecule has 0 radical (unpaired) electrons. The van der Waals surface area contributed by atoms with Crippen LogP contribution in [0.5, 0.6) is 0 Å². The Morgan fingerprint density at radius 3 is 2.71 bits per heavy atom. The van der Waals surface area contributed by atoms with Gasteiger partial charge in [-0.1, -0.05) is 6.58 Å². The topological polar surface area (TPSA) is 26.3 Å². The molecule has 0 heterocycles. The highest BCUT2D eigenvalue weighted by Crippen LogP contribution is 1.79. The summed E-state index contributed by atoms with van der Waals surface area (Å²) in [5, 5.41) is 0. The van der Waals surface area contributed by atoms with Crippen molar-refractivity contribution in [3.05, 3.63) is 12.8 Å². The summed E-state index contributed by atoms with van der Waals surface area (Å²) in [6.45, 7) is 3.17. The summed E-state index contributed by atoms with van der Waals surface area (Å²) in [7, 11) is 0. The Morgan fingerprint density at radius 2 is 2.57 bits per heavy atom. The normalized spacial score (nSPS) is 7.57. The van der Waals surface area contributed by atoms with Crippen LogP contribution in [-0.4, -0.2) is 11.7 Å². The molecule has 0 bridgehead atoms. The predicted molar refractivity (Wildman–Crippen MR) is 30.1 cm³/mol. The largest absolute Gasteiger partial charge is 0.435 e. The number of hydrogen-bond acceptors (Lipinski definition) is 3. The van der Waals surface area contributed by atoms with E-state index in [2.05, 4.69) is 23.9 Å². The molecule has 0 rings (SSSR count). The van der Waals surface area contributed by atoms with E-state index in [0.717, 1.165) is 6.26 Å². The van der Waals surface area contributed by atoms with Gasteiger partial charge in [0.2, 0.25) is 0 Å². The fourth-order valence-electron chi connectivity index (χ4n) is 0.130. The molecule has 0 fully saturated rings. The fraction of sp³-hybridized carbons (Fsp3) is 0.250. The predicted octanol–water partition coefficient (Wildman–Crippen LogP) is 0.603. The third-order valence-corrected chi connectivity index (χ3v) is 0.602. The summed E-state index contributed by atoms with van der Waals surface area (Å²) in [6, 6.07) is 0. The van der Waals surface area contributed by atoms with E-state index in [1.807, 2.05) is 0 Å². The van der Waals surface area contributed by atoms with Crippen molar-refractivity contribution >= 4 is 18.6 Å². The zero-order valence-electron chi connectivity index (χ0n) is 3.76. The van der Waals surface area contributed by atoms with Gasteiger partial charge in [0, 0.05) is 0 Å². The molecule has 0 aliphatic heterocycles. The molecular weight excluding hydrogens is 112 g/mol. The van der Waals surface area contributed by atoms with Crippen LogP contribution in [0.25, 0.3) is 0 Å². The lowest BCUT2D eigenvalue weighted by molar-refractivity contribution is -0.134. The standard InChI is InChI=1S/C4H6O2S/c1-2-6-4(5)3-7/h2,7H,1,3H2. The second-order valence-corrected chi connectivity index (χ2v) is 1.13. The van der Waals surface area contributed by atoms with Gasteiger partial charge in [-0.05, 0) is 0 Å². The van der Waals surface area contributed by atoms with Gasteiger partial charge in [0.05, 0.1) is 12.0 Å². The van der Waals surface area contributed by atoms with Crippen molar-refractivity contribution in [2.75, 3.05) is 5.75 Å². The molecule has 3 heteroatoms. The lowest BCUT2D eigenvalue weighted by atomic mass is 10.8. The van der Waals surface area contributed by atoms with Crippen molar-refractivity contribution in [1.29, 1.82) is 0 Å². The van der Waals surface area contributed by atoms with E-state index in [1.165, 1.54) is 0 Å². The molecule has 0 saturated heterocycles. The van der Waals surface area contributed by atoms with Gasteiger partial charge in [-0.3, -0.25) is 4.79 Å². The second-order valence-electron chi connectivity index (χ2n) is 0.815. The summed E-state index contributed by atoms with van der Waals surface area (Å²) in [5.41, 5.74) is 0. The molecule has 7 heavy (non-hydrogen) atoms. The molecule has 0 aromatic rings. The van der Waals surface area contributed by atoms with Crippen LogP contribution in [0.1, 0.15) is 0 Å². The van der Waals surface area contributed by atoms with Crippen molar-refractivity contribution < 1.29 is 9.53 Å². The van der Waals surface area contributed by atoms with Gasteiger partial charge in [0.25, 0.3) is 0 Å². The van der Waals surface area contributed by atoms with Crippen LogP contribution in [0, 0.1) is 0 Å². The van der Waals surface area contributed by atoms with E-state index in [9.17, 15) is 4.79 Å². The van der Waals surface area contributed by atoms with Crippen LogP contribution in [-0.2, 0) is 9.53 Å². The average Bonchev–Trinajstić information content (AvgIpc) is 1.68. The monoisotopic (exact) mass is 118 g/mol. The third-order valence-electron chi connectivity index (χ3n) is 0.344. The van der Waals surface area contributed by atoms with Gasteiger partial charge in [0.1, 0.15) is 0 Å². The van der Waals surface area contributed by atoms with E-state index in [-0.39, 0.29) is 11.7 Å². The SMILES string of the molecule is C=COC(=O)CS. The number of carbonyl (C=O) groups is 1. The molecule has 0 amide bonds. The zero-order chi connectivity index (χ0) is 5.70. The van der Waals surface area contributed by atoms with Crippen LogP contribution in [0.2, 0.25) is 0 Å². The van der Waals surface area contributed by atoms with Crippen molar-refractivity contribution in [3.8, 4) is 0 Å². The number of carbonyl (C=O) groups excluding carboxylic acids is 1. The van der Waals surface area contributed by atoms with Crippen LogP contribution in [0.15, 0.2) is 12.8 Å². The molecular formula is C4H6O2S. The Labute approximate surface area is 47.6 Å². The molecule has 40 valence electrons. The quantitative estimate of drug-likeness (QED) is 0.326. The Balaban J connectivity index is 3.17. The minimum absolute atomic E-state index is 0.103. The first-order chi connectivity index (χ1) is 3.31. The zero-order valence-corrected chi connectivity index (χ0v) is 4.65. The van der Waals surface area contributed by atoms with Gasteiger partial charge in [-0.2, -0.15) is 12.6 Å². The Hall–Kier alpha value is -0.440. The van der Waals surface area contributed by atoms with E-state index >= 15 is 0 Å². The van der Waals surface area contributed by atoms with E-state index in [0.29, 0.717) is 0 Å². The van der Waals surface area contributed by atoms with Crippen molar-refractivity contribution in [1.82, 2.24) is 0 Å². The molecule has 0 N–H and O–H groups in total. The average molecular weight is 118 g/mol. The lowest BCUT2D eigenvalue weighted by Crippen LogP contribution is -1.98. The van der Waals surface area contributed by atoms with E-state index in [4.69, 9.17) is 0 Å². The van der Waals surface area contributed by atoms with Crippen molar-refractivity contribution in [2.45, 2.75) is 0 Å². The first-order valence-corrected chi connectivity index (χ1v) is 2.35. The Kier molecular flexibility index (Phi) is 3.50. The minimum Gasteiger partial charge on any atom is -0.435 e. The summed E-state index contributed by atoms with van der Waals surface area (Å²) in [4.78, 5) is 10.0. The second kappa shape index (κ2) is 3.74. The van der Waals surface area contributed by atoms with Crippen LogP contribution >= 0.6 is 12.6 Å². The third kappa shape index (κ3) is 3.39. The smallest absolute Gasteiger partial charge is 0.320 e. The Bertz CT molecular complexity index is 79.8. The molecule has 0 aliphatic carbocycles. The molecule has 0 spiro atoms. The van der Waals surface area contributed by atoms with Crippen LogP contribution in [0.3, 0.4) is 0 Å². The van der Waals surface area contributed by atoms with Gasteiger partial charge < -0.3 is 4.74 Å². The van der Waals surface area contributed by atoms with Crippen molar-refractivity contribution in [3.63, 3.8) is 0 Å². The highest BCUT2D eigenvalue weighted by molar-refractivity contribution is 7.81.